The first-order valence-electron chi connectivity index (χ1n) is 3.66. The first kappa shape index (κ1) is 11.2. The van der Waals surface area contributed by atoms with Gasteiger partial charge in [0.1, 0.15) is 0 Å². The molecule has 0 spiro atoms. The van der Waals surface area contributed by atoms with Crippen molar-refractivity contribution in [3.05, 3.63) is 0 Å². The van der Waals surface area contributed by atoms with Gasteiger partial charge in [-0.05, 0) is 0 Å². The van der Waals surface area contributed by atoms with Crippen molar-refractivity contribution < 1.29 is 9.59 Å². The second-order valence-electron chi connectivity index (χ2n) is 2.45. The van der Waals surface area contributed by atoms with Gasteiger partial charge in [0.25, 0.3) is 0 Å². The van der Waals surface area contributed by atoms with Gasteiger partial charge < -0.3 is 10.6 Å². The Labute approximate surface area is 76.7 Å². The summed E-state index contributed by atoms with van der Waals surface area (Å²) >= 11 is 5.43. The number of hydrogen-bond acceptors (Lipinski definition) is 2. The molecule has 2 amide bonds. The van der Waals surface area contributed by atoms with Gasteiger partial charge in [0.15, 0.2) is 0 Å². The van der Waals surface area contributed by atoms with Gasteiger partial charge in [0.05, 0.1) is 6.54 Å². The monoisotopic (exact) mass is 192 g/mol. The highest BCUT2D eigenvalue weighted by molar-refractivity contribution is 6.19. The van der Waals surface area contributed by atoms with E-state index in [1.807, 2.05) is 0 Å². The predicted molar refractivity (Wildman–Crippen MR) is 47.0 cm³/mol. The standard InChI is InChI=1S/C7H13ClN2O2/c1-5(3-8)7(12)10-4-6(11)9-2/h5H,3-4H2,1-2H3,(H,9,11)(H,10,12). The summed E-state index contributed by atoms with van der Waals surface area (Å²) in [4.78, 5) is 21.7. The van der Waals surface area contributed by atoms with E-state index in [2.05, 4.69) is 10.6 Å². The molecular weight excluding hydrogens is 180 g/mol. The number of hydrogen-bond donors (Lipinski definition) is 2. The number of rotatable bonds is 4. The number of carbonyl (C=O) groups excluding carboxylic acids is 2. The van der Waals surface area contributed by atoms with Crippen LogP contribution in [0.15, 0.2) is 0 Å². The summed E-state index contributed by atoms with van der Waals surface area (Å²) < 4.78 is 0. The van der Waals surface area contributed by atoms with E-state index in [0.29, 0.717) is 0 Å². The first-order valence-corrected chi connectivity index (χ1v) is 4.19. The molecule has 1 atom stereocenters. The maximum absolute atomic E-state index is 11.0. The van der Waals surface area contributed by atoms with Gasteiger partial charge in [0.2, 0.25) is 11.8 Å². The molecule has 0 saturated heterocycles. The van der Waals surface area contributed by atoms with Crippen LogP contribution in [-0.2, 0) is 9.59 Å². The number of carbonyl (C=O) groups is 2. The number of halogens is 1. The Morgan fingerprint density at radius 3 is 2.50 bits per heavy atom. The molecule has 2 N–H and O–H groups in total. The second kappa shape index (κ2) is 5.83. The smallest absolute Gasteiger partial charge is 0.239 e. The summed E-state index contributed by atoms with van der Waals surface area (Å²) in [6.07, 6.45) is 0. The Kier molecular flexibility index (Phi) is 5.45. The van der Waals surface area contributed by atoms with Crippen molar-refractivity contribution in [2.24, 2.45) is 5.92 Å². The van der Waals surface area contributed by atoms with E-state index in [9.17, 15) is 9.59 Å². The van der Waals surface area contributed by atoms with Crippen molar-refractivity contribution in [2.75, 3.05) is 19.5 Å². The fourth-order valence-electron chi connectivity index (χ4n) is 0.500. The van der Waals surface area contributed by atoms with Gasteiger partial charge >= 0.3 is 0 Å². The molecule has 0 bridgehead atoms. The average Bonchev–Trinajstić information content (AvgIpc) is 2.11. The maximum Gasteiger partial charge on any atom is 0.239 e. The van der Waals surface area contributed by atoms with Gasteiger partial charge in [-0.3, -0.25) is 9.59 Å². The summed E-state index contributed by atoms with van der Waals surface area (Å²) in [6, 6.07) is 0. The summed E-state index contributed by atoms with van der Waals surface area (Å²) in [7, 11) is 1.51. The van der Waals surface area contributed by atoms with Crippen LogP contribution in [0.5, 0.6) is 0 Å². The predicted octanol–water partition coefficient (Wildman–Crippen LogP) is -0.277. The minimum atomic E-state index is -0.253. The van der Waals surface area contributed by atoms with Crippen molar-refractivity contribution in [1.82, 2.24) is 10.6 Å². The quantitative estimate of drug-likeness (QED) is 0.603. The lowest BCUT2D eigenvalue weighted by Gasteiger charge is -2.07. The lowest BCUT2D eigenvalue weighted by Crippen LogP contribution is -2.38. The lowest BCUT2D eigenvalue weighted by atomic mass is 10.2. The van der Waals surface area contributed by atoms with E-state index in [1.54, 1.807) is 6.92 Å². The van der Waals surface area contributed by atoms with Crippen molar-refractivity contribution in [3.63, 3.8) is 0 Å². The van der Waals surface area contributed by atoms with E-state index in [-0.39, 0.29) is 30.2 Å². The van der Waals surface area contributed by atoms with E-state index < -0.39 is 0 Å². The Bertz CT molecular complexity index is 173. The van der Waals surface area contributed by atoms with E-state index in [1.165, 1.54) is 7.05 Å². The van der Waals surface area contributed by atoms with Crippen molar-refractivity contribution in [3.8, 4) is 0 Å². The van der Waals surface area contributed by atoms with Crippen molar-refractivity contribution >= 4 is 23.4 Å². The van der Waals surface area contributed by atoms with Crippen LogP contribution in [0.1, 0.15) is 6.92 Å². The van der Waals surface area contributed by atoms with Crippen LogP contribution in [0.4, 0.5) is 0 Å². The van der Waals surface area contributed by atoms with E-state index in [0.717, 1.165) is 0 Å². The van der Waals surface area contributed by atoms with Gasteiger partial charge in [-0.1, -0.05) is 6.92 Å². The maximum atomic E-state index is 11.0. The Hall–Kier alpha value is -0.770. The second-order valence-corrected chi connectivity index (χ2v) is 2.75. The van der Waals surface area contributed by atoms with E-state index >= 15 is 0 Å². The van der Waals surface area contributed by atoms with Gasteiger partial charge in [-0.15, -0.1) is 11.6 Å². The van der Waals surface area contributed by atoms with Crippen LogP contribution in [0, 0.1) is 5.92 Å². The van der Waals surface area contributed by atoms with E-state index in [4.69, 9.17) is 11.6 Å². The van der Waals surface area contributed by atoms with Crippen molar-refractivity contribution in [2.45, 2.75) is 6.92 Å². The average molecular weight is 193 g/mol. The molecule has 12 heavy (non-hydrogen) atoms. The molecule has 4 nitrogen and oxygen atoms in total. The number of likely N-dealkylation sites (N-methyl/N-ethyl adjacent to an activating group) is 1. The highest BCUT2D eigenvalue weighted by atomic mass is 35.5. The fourth-order valence-corrected chi connectivity index (χ4v) is 0.640. The summed E-state index contributed by atoms with van der Waals surface area (Å²) in [5, 5.41) is 4.84. The Morgan fingerprint density at radius 1 is 1.50 bits per heavy atom. The summed E-state index contributed by atoms with van der Waals surface area (Å²) in [6.45, 7) is 1.71. The molecule has 0 aliphatic carbocycles. The molecule has 0 heterocycles. The molecule has 1 unspecified atom stereocenters. The van der Waals surface area contributed by atoms with Gasteiger partial charge in [-0.2, -0.15) is 0 Å². The third-order valence-corrected chi connectivity index (χ3v) is 1.84. The number of amides is 2. The SMILES string of the molecule is CNC(=O)CNC(=O)C(C)CCl. The van der Waals surface area contributed by atoms with Crippen molar-refractivity contribution in [1.29, 1.82) is 0 Å². The van der Waals surface area contributed by atoms with Crippen LogP contribution in [0.25, 0.3) is 0 Å². The van der Waals surface area contributed by atoms with Crippen LogP contribution >= 0.6 is 11.6 Å². The molecule has 0 aliphatic heterocycles. The molecule has 0 saturated carbocycles. The highest BCUT2D eigenvalue weighted by Crippen LogP contribution is 1.96. The Balaban J connectivity index is 3.64. The first-order chi connectivity index (χ1) is 5.61. The summed E-state index contributed by atoms with van der Waals surface area (Å²) in [5.74, 6) is -0.408. The van der Waals surface area contributed by atoms with Crippen LogP contribution < -0.4 is 10.6 Å². The van der Waals surface area contributed by atoms with Crippen LogP contribution in [-0.4, -0.2) is 31.3 Å². The number of alkyl halides is 1. The molecule has 0 fully saturated rings. The molecule has 5 heteroatoms. The zero-order chi connectivity index (χ0) is 9.56. The summed E-state index contributed by atoms with van der Waals surface area (Å²) in [5.41, 5.74) is 0. The minimum absolute atomic E-state index is 0.0105. The minimum Gasteiger partial charge on any atom is -0.358 e. The zero-order valence-corrected chi connectivity index (χ0v) is 7.94. The van der Waals surface area contributed by atoms with Crippen LogP contribution in [0.3, 0.4) is 0 Å². The Morgan fingerprint density at radius 2 is 2.08 bits per heavy atom. The fraction of sp³-hybridized carbons (Fsp3) is 0.714. The third-order valence-electron chi connectivity index (χ3n) is 1.38. The van der Waals surface area contributed by atoms with Crippen LogP contribution in [0.2, 0.25) is 0 Å². The lowest BCUT2D eigenvalue weighted by molar-refractivity contribution is -0.127. The molecule has 0 aromatic rings. The number of nitrogens with one attached hydrogen (secondary N) is 2. The zero-order valence-electron chi connectivity index (χ0n) is 7.19. The topological polar surface area (TPSA) is 58.2 Å². The highest BCUT2D eigenvalue weighted by Gasteiger charge is 2.11. The molecule has 0 aromatic carbocycles. The molecule has 0 rings (SSSR count). The molecule has 0 aromatic heterocycles. The molecule has 70 valence electrons. The van der Waals surface area contributed by atoms with Gasteiger partial charge in [-0.25, -0.2) is 0 Å². The largest absolute Gasteiger partial charge is 0.358 e. The molecule has 0 radical (unpaired) electrons. The van der Waals surface area contributed by atoms with Gasteiger partial charge in [0, 0.05) is 18.8 Å². The normalized spacial score (nSPS) is 11.9. The third kappa shape index (κ3) is 4.18. The molecule has 0 aliphatic rings. The molecular formula is C7H13ClN2O2.